The molecular formula is C37H23N3O. The van der Waals surface area contributed by atoms with E-state index in [0.717, 1.165) is 60.5 Å². The zero-order valence-electron chi connectivity index (χ0n) is 22.0. The fraction of sp³-hybridized carbons (Fsp3) is 0. The molecule has 0 aliphatic carbocycles. The Morgan fingerprint density at radius 2 is 0.927 bits per heavy atom. The Bertz CT molecular complexity index is 2140. The summed E-state index contributed by atoms with van der Waals surface area (Å²) in [4.78, 5) is 14.7. The Kier molecular flexibility index (Phi) is 5.42. The highest BCUT2D eigenvalue weighted by Gasteiger charge is 2.14. The third-order valence-corrected chi connectivity index (χ3v) is 7.51. The molecule has 0 saturated heterocycles. The Labute approximate surface area is 236 Å². The van der Waals surface area contributed by atoms with E-state index in [9.17, 15) is 0 Å². The summed E-state index contributed by atoms with van der Waals surface area (Å²) in [5.41, 5.74) is 6.84. The molecule has 2 heterocycles. The van der Waals surface area contributed by atoms with Gasteiger partial charge in [0, 0.05) is 32.8 Å². The first-order chi connectivity index (χ1) is 20.3. The molecule has 0 aliphatic rings. The number of hydrogen-bond acceptors (Lipinski definition) is 4. The van der Waals surface area contributed by atoms with Crippen LogP contribution >= 0.6 is 0 Å². The van der Waals surface area contributed by atoms with Gasteiger partial charge in [-0.05, 0) is 40.8 Å². The van der Waals surface area contributed by atoms with Crippen LogP contribution < -0.4 is 0 Å². The quantitative estimate of drug-likeness (QED) is 0.230. The zero-order valence-corrected chi connectivity index (χ0v) is 22.0. The predicted octanol–water partition coefficient (Wildman–Crippen LogP) is 9.59. The molecule has 0 atom stereocenters. The molecule has 0 N–H and O–H groups in total. The molecule has 0 unspecified atom stereocenters. The van der Waals surface area contributed by atoms with Gasteiger partial charge in [-0.25, -0.2) is 15.0 Å². The van der Waals surface area contributed by atoms with Gasteiger partial charge in [0.1, 0.15) is 11.2 Å². The molecule has 2 aromatic heterocycles. The number of benzene rings is 6. The number of furan rings is 1. The molecule has 4 nitrogen and oxygen atoms in total. The second kappa shape index (κ2) is 9.54. The lowest BCUT2D eigenvalue weighted by Crippen LogP contribution is -2.00. The van der Waals surface area contributed by atoms with Crippen molar-refractivity contribution in [1.82, 2.24) is 15.0 Å². The van der Waals surface area contributed by atoms with Gasteiger partial charge in [-0.1, -0.05) is 115 Å². The SMILES string of the molecule is c1ccc(-c2nc(-c3ccccc3)nc(-c3cccc(-c4ccc5ccc6c7ccccc7oc6c5c4)c3)n2)cc1. The number of aromatic nitrogens is 3. The summed E-state index contributed by atoms with van der Waals surface area (Å²) in [7, 11) is 0. The fourth-order valence-corrected chi connectivity index (χ4v) is 5.46. The Morgan fingerprint density at radius 3 is 1.66 bits per heavy atom. The minimum Gasteiger partial charge on any atom is -0.455 e. The van der Waals surface area contributed by atoms with E-state index < -0.39 is 0 Å². The minimum atomic E-state index is 0.639. The summed E-state index contributed by atoms with van der Waals surface area (Å²) in [5.74, 6) is 1.94. The third kappa shape index (κ3) is 4.14. The van der Waals surface area contributed by atoms with Gasteiger partial charge in [0.25, 0.3) is 0 Å². The number of rotatable bonds is 4. The molecule has 0 saturated carbocycles. The van der Waals surface area contributed by atoms with Crippen LogP contribution in [-0.4, -0.2) is 15.0 Å². The van der Waals surface area contributed by atoms with Crippen LogP contribution in [0.4, 0.5) is 0 Å². The van der Waals surface area contributed by atoms with E-state index in [0.29, 0.717) is 17.5 Å². The summed E-state index contributed by atoms with van der Waals surface area (Å²) in [6, 6.07) is 47.6. The maximum Gasteiger partial charge on any atom is 0.164 e. The van der Waals surface area contributed by atoms with Crippen LogP contribution in [0.25, 0.3) is 78.0 Å². The van der Waals surface area contributed by atoms with Gasteiger partial charge in [0.15, 0.2) is 17.5 Å². The molecule has 0 radical (unpaired) electrons. The van der Waals surface area contributed by atoms with Crippen molar-refractivity contribution in [3.8, 4) is 45.3 Å². The van der Waals surface area contributed by atoms with Gasteiger partial charge >= 0.3 is 0 Å². The molecule has 0 amide bonds. The second-order valence-electron chi connectivity index (χ2n) is 10.1. The lowest BCUT2D eigenvalue weighted by Gasteiger charge is -2.10. The van der Waals surface area contributed by atoms with Crippen molar-refractivity contribution in [3.63, 3.8) is 0 Å². The summed E-state index contributed by atoms with van der Waals surface area (Å²) in [6.07, 6.45) is 0. The van der Waals surface area contributed by atoms with Crippen molar-refractivity contribution in [1.29, 1.82) is 0 Å². The molecule has 0 bridgehead atoms. The molecule has 6 aromatic carbocycles. The van der Waals surface area contributed by atoms with Crippen molar-refractivity contribution in [2.24, 2.45) is 0 Å². The first-order valence-corrected chi connectivity index (χ1v) is 13.6. The van der Waals surface area contributed by atoms with Gasteiger partial charge in [0.2, 0.25) is 0 Å². The fourth-order valence-electron chi connectivity index (χ4n) is 5.46. The maximum atomic E-state index is 6.33. The van der Waals surface area contributed by atoms with Crippen LogP contribution in [0.2, 0.25) is 0 Å². The molecule has 0 aliphatic heterocycles. The minimum absolute atomic E-state index is 0.639. The summed E-state index contributed by atoms with van der Waals surface area (Å²) in [5, 5.41) is 4.51. The van der Waals surface area contributed by atoms with E-state index >= 15 is 0 Å². The van der Waals surface area contributed by atoms with Crippen LogP contribution in [-0.2, 0) is 0 Å². The van der Waals surface area contributed by atoms with Crippen LogP contribution in [0, 0.1) is 0 Å². The average molecular weight is 526 g/mol. The van der Waals surface area contributed by atoms with Gasteiger partial charge in [-0.3, -0.25) is 0 Å². The normalized spacial score (nSPS) is 11.4. The lowest BCUT2D eigenvalue weighted by molar-refractivity contribution is 0.672. The standard InChI is InChI=1S/C37H23N3O/c1-3-10-25(11-4-1)35-38-36(26-12-5-2-6-13-26)40-37(39-35)29-15-9-14-27(22-29)28-19-18-24-20-21-31-30-16-7-8-17-33(30)41-34(31)32(24)23-28/h1-23H. The number of nitrogens with zero attached hydrogens (tertiary/aromatic N) is 3. The van der Waals surface area contributed by atoms with Crippen LogP contribution in [0.3, 0.4) is 0 Å². The molecule has 0 fully saturated rings. The van der Waals surface area contributed by atoms with Crippen molar-refractivity contribution in [2.45, 2.75) is 0 Å². The lowest BCUT2D eigenvalue weighted by atomic mass is 9.98. The second-order valence-corrected chi connectivity index (χ2v) is 10.1. The van der Waals surface area contributed by atoms with E-state index in [2.05, 4.69) is 66.7 Å². The van der Waals surface area contributed by atoms with E-state index in [4.69, 9.17) is 19.4 Å². The Morgan fingerprint density at radius 1 is 0.366 bits per heavy atom. The van der Waals surface area contributed by atoms with E-state index in [1.54, 1.807) is 0 Å². The molecule has 41 heavy (non-hydrogen) atoms. The van der Waals surface area contributed by atoms with Crippen molar-refractivity contribution in [3.05, 3.63) is 140 Å². The highest BCUT2D eigenvalue weighted by atomic mass is 16.3. The topological polar surface area (TPSA) is 51.8 Å². The average Bonchev–Trinajstić information content (AvgIpc) is 3.45. The van der Waals surface area contributed by atoms with Crippen molar-refractivity contribution >= 4 is 32.7 Å². The van der Waals surface area contributed by atoms with Crippen LogP contribution in [0.5, 0.6) is 0 Å². The van der Waals surface area contributed by atoms with Gasteiger partial charge in [-0.2, -0.15) is 0 Å². The summed E-state index contributed by atoms with van der Waals surface area (Å²) in [6.45, 7) is 0. The molecule has 4 heteroatoms. The van der Waals surface area contributed by atoms with Gasteiger partial charge < -0.3 is 4.42 Å². The molecule has 192 valence electrons. The largest absolute Gasteiger partial charge is 0.455 e. The van der Waals surface area contributed by atoms with Gasteiger partial charge in [0.05, 0.1) is 0 Å². The first kappa shape index (κ1) is 23.3. The maximum absolute atomic E-state index is 6.33. The predicted molar refractivity (Wildman–Crippen MR) is 166 cm³/mol. The van der Waals surface area contributed by atoms with E-state index in [1.807, 2.05) is 72.8 Å². The van der Waals surface area contributed by atoms with Crippen LogP contribution in [0.1, 0.15) is 0 Å². The highest BCUT2D eigenvalue weighted by Crippen LogP contribution is 2.36. The van der Waals surface area contributed by atoms with Crippen molar-refractivity contribution < 1.29 is 4.42 Å². The molecule has 8 rings (SSSR count). The summed E-state index contributed by atoms with van der Waals surface area (Å²) >= 11 is 0. The van der Waals surface area contributed by atoms with Gasteiger partial charge in [-0.15, -0.1) is 0 Å². The number of fused-ring (bicyclic) bond motifs is 5. The van der Waals surface area contributed by atoms with Crippen molar-refractivity contribution in [2.75, 3.05) is 0 Å². The monoisotopic (exact) mass is 525 g/mol. The molecular weight excluding hydrogens is 502 g/mol. The Balaban J connectivity index is 1.27. The molecule has 8 aromatic rings. The first-order valence-electron chi connectivity index (χ1n) is 13.6. The highest BCUT2D eigenvalue weighted by molar-refractivity contribution is 6.15. The van der Waals surface area contributed by atoms with E-state index in [1.165, 1.54) is 0 Å². The smallest absolute Gasteiger partial charge is 0.164 e. The zero-order chi connectivity index (χ0) is 27.2. The number of hydrogen-bond donors (Lipinski definition) is 0. The number of para-hydroxylation sites is 1. The summed E-state index contributed by atoms with van der Waals surface area (Å²) < 4.78 is 6.33. The van der Waals surface area contributed by atoms with Crippen LogP contribution in [0.15, 0.2) is 144 Å². The Hall–Kier alpha value is -5.61. The van der Waals surface area contributed by atoms with E-state index in [-0.39, 0.29) is 0 Å². The third-order valence-electron chi connectivity index (χ3n) is 7.51. The molecule has 0 spiro atoms.